The Kier molecular flexibility index (Phi) is 5.63. The lowest BCUT2D eigenvalue weighted by atomic mass is 9.98. The van der Waals surface area contributed by atoms with Crippen molar-refractivity contribution in [2.75, 3.05) is 5.32 Å². The van der Waals surface area contributed by atoms with Crippen LogP contribution in [0.25, 0.3) is 11.1 Å². The van der Waals surface area contributed by atoms with Gasteiger partial charge in [0.1, 0.15) is 0 Å². The Morgan fingerprint density at radius 1 is 1.22 bits per heavy atom. The van der Waals surface area contributed by atoms with E-state index in [9.17, 15) is 20.0 Å². The van der Waals surface area contributed by atoms with Gasteiger partial charge in [-0.15, -0.1) is 12.4 Å². The lowest BCUT2D eigenvalue weighted by Gasteiger charge is -2.10. The smallest absolute Gasteiger partial charge is 0.336 e. The van der Waals surface area contributed by atoms with Crippen molar-refractivity contribution in [3.05, 3.63) is 58.1 Å². The monoisotopic (exact) mass is 336 g/mol. The molecule has 8 nitrogen and oxygen atoms in total. The molecule has 0 spiro atoms. The van der Waals surface area contributed by atoms with E-state index in [1.54, 1.807) is 0 Å². The predicted octanol–water partition coefficient (Wildman–Crippen LogP) is 2.69. The molecule has 0 aliphatic rings. The summed E-state index contributed by atoms with van der Waals surface area (Å²) in [4.78, 5) is 21.4. The molecular weight excluding hydrogens is 324 g/mol. The summed E-state index contributed by atoms with van der Waals surface area (Å²) in [5.41, 5.74) is 6.53. The molecule has 23 heavy (non-hydrogen) atoms. The van der Waals surface area contributed by atoms with Crippen LogP contribution >= 0.6 is 12.4 Å². The highest BCUT2D eigenvalue weighted by atomic mass is 35.5. The van der Waals surface area contributed by atoms with Crippen LogP contribution in [-0.4, -0.2) is 22.0 Å². The molecule has 120 valence electrons. The second-order valence-electron chi connectivity index (χ2n) is 4.41. The maximum absolute atomic E-state index is 11.3. The lowest BCUT2D eigenvalue weighted by molar-refractivity contribution is -0.384. The number of carboxylic acids is 1. The fourth-order valence-electron chi connectivity index (χ4n) is 1.97. The lowest BCUT2D eigenvalue weighted by Crippen LogP contribution is -2.20. The van der Waals surface area contributed by atoms with Gasteiger partial charge in [-0.2, -0.15) is 0 Å². The quantitative estimate of drug-likeness (QED) is 0.292. The molecule has 0 amide bonds. The number of anilines is 1. The largest absolute Gasteiger partial charge is 0.478 e. The number of guanidine groups is 1. The van der Waals surface area contributed by atoms with Crippen molar-refractivity contribution in [1.29, 1.82) is 5.41 Å². The number of carbonyl (C=O) groups is 1. The van der Waals surface area contributed by atoms with E-state index >= 15 is 0 Å². The standard InChI is InChI=1S/C14H12N4O4.ClH/c15-14(16)17-9-3-6-11(13(19)20)12(7-9)8-1-4-10(5-2-8)18(21)22;/h1-7H,(H,19,20)(H4,15,16,17);1H. The molecule has 0 atom stereocenters. The van der Waals surface area contributed by atoms with Crippen LogP contribution < -0.4 is 11.1 Å². The van der Waals surface area contributed by atoms with Crippen LogP contribution in [0.3, 0.4) is 0 Å². The van der Waals surface area contributed by atoms with Gasteiger partial charge in [-0.1, -0.05) is 0 Å². The number of nitrogens with zero attached hydrogens (tertiary/aromatic N) is 1. The van der Waals surface area contributed by atoms with Crippen molar-refractivity contribution >= 4 is 35.7 Å². The maximum atomic E-state index is 11.3. The number of benzene rings is 2. The van der Waals surface area contributed by atoms with E-state index < -0.39 is 10.9 Å². The third-order valence-electron chi connectivity index (χ3n) is 2.92. The summed E-state index contributed by atoms with van der Waals surface area (Å²) >= 11 is 0. The first-order valence-electron chi connectivity index (χ1n) is 6.11. The summed E-state index contributed by atoms with van der Waals surface area (Å²) < 4.78 is 0. The Hall–Kier alpha value is -3.13. The van der Waals surface area contributed by atoms with Crippen molar-refractivity contribution in [3.8, 4) is 11.1 Å². The van der Waals surface area contributed by atoms with Crippen LogP contribution in [0.4, 0.5) is 11.4 Å². The first-order chi connectivity index (χ1) is 10.4. The Bertz CT molecular complexity index is 762. The van der Waals surface area contributed by atoms with Gasteiger partial charge in [-0.25, -0.2) is 4.79 Å². The Morgan fingerprint density at radius 2 is 1.83 bits per heavy atom. The number of halogens is 1. The van der Waals surface area contributed by atoms with E-state index in [1.807, 2.05) is 0 Å². The van der Waals surface area contributed by atoms with Crippen molar-refractivity contribution in [3.63, 3.8) is 0 Å². The summed E-state index contributed by atoms with van der Waals surface area (Å²) in [5.74, 6) is -1.40. The Labute approximate surface area is 137 Å². The van der Waals surface area contributed by atoms with Gasteiger partial charge in [0.2, 0.25) is 0 Å². The summed E-state index contributed by atoms with van der Waals surface area (Å²) in [5, 5.41) is 29.7. The summed E-state index contributed by atoms with van der Waals surface area (Å²) in [6.45, 7) is 0. The number of aromatic carboxylic acids is 1. The van der Waals surface area contributed by atoms with E-state index in [-0.39, 0.29) is 29.6 Å². The number of hydrogen-bond acceptors (Lipinski definition) is 4. The van der Waals surface area contributed by atoms with Gasteiger partial charge in [0.25, 0.3) is 5.69 Å². The van der Waals surface area contributed by atoms with Gasteiger partial charge in [0.05, 0.1) is 10.5 Å². The van der Waals surface area contributed by atoms with Crippen LogP contribution in [0.5, 0.6) is 0 Å². The summed E-state index contributed by atoms with van der Waals surface area (Å²) in [6.07, 6.45) is 0. The number of nitro benzene ring substituents is 1. The predicted molar refractivity (Wildman–Crippen MR) is 88.3 cm³/mol. The number of hydrogen-bond donors (Lipinski definition) is 4. The van der Waals surface area contributed by atoms with E-state index in [0.29, 0.717) is 16.8 Å². The number of non-ortho nitro benzene ring substituents is 1. The van der Waals surface area contributed by atoms with E-state index in [2.05, 4.69) is 5.32 Å². The van der Waals surface area contributed by atoms with Crippen molar-refractivity contribution < 1.29 is 14.8 Å². The fraction of sp³-hybridized carbons (Fsp3) is 0. The van der Waals surface area contributed by atoms with E-state index in [4.69, 9.17) is 11.1 Å². The maximum Gasteiger partial charge on any atom is 0.336 e. The van der Waals surface area contributed by atoms with E-state index in [1.165, 1.54) is 42.5 Å². The highest BCUT2D eigenvalue weighted by Crippen LogP contribution is 2.28. The molecule has 0 heterocycles. The first kappa shape index (κ1) is 17.9. The van der Waals surface area contributed by atoms with Gasteiger partial charge in [-0.3, -0.25) is 15.5 Å². The highest BCUT2D eigenvalue weighted by molar-refractivity contribution is 5.98. The molecule has 0 aromatic heterocycles. The first-order valence-corrected chi connectivity index (χ1v) is 6.11. The number of nitro groups is 1. The van der Waals surface area contributed by atoms with Crippen LogP contribution in [0.1, 0.15) is 10.4 Å². The van der Waals surface area contributed by atoms with Gasteiger partial charge in [0, 0.05) is 17.8 Å². The molecular formula is C14H13ClN4O4. The zero-order valence-electron chi connectivity index (χ0n) is 11.6. The second kappa shape index (κ2) is 7.23. The molecule has 0 bridgehead atoms. The van der Waals surface area contributed by atoms with Crippen molar-refractivity contribution in [2.45, 2.75) is 0 Å². The number of nitrogens with two attached hydrogens (primary N) is 1. The molecule has 0 saturated heterocycles. The highest BCUT2D eigenvalue weighted by Gasteiger charge is 2.14. The van der Waals surface area contributed by atoms with Gasteiger partial charge < -0.3 is 16.2 Å². The SMILES string of the molecule is Cl.N=C(N)Nc1ccc(C(=O)O)c(-c2ccc([N+](=O)[O-])cc2)c1. The third kappa shape index (κ3) is 4.17. The minimum atomic E-state index is -1.12. The van der Waals surface area contributed by atoms with Crippen LogP contribution in [0, 0.1) is 15.5 Å². The molecule has 0 radical (unpaired) electrons. The average molecular weight is 337 g/mol. The van der Waals surface area contributed by atoms with E-state index in [0.717, 1.165) is 0 Å². The van der Waals surface area contributed by atoms with Crippen LogP contribution in [-0.2, 0) is 0 Å². The molecule has 0 unspecified atom stereocenters. The zero-order valence-corrected chi connectivity index (χ0v) is 12.5. The molecule has 0 saturated carbocycles. The van der Waals surface area contributed by atoms with Crippen LogP contribution in [0.15, 0.2) is 42.5 Å². The van der Waals surface area contributed by atoms with Gasteiger partial charge in [0.15, 0.2) is 5.96 Å². The minimum absolute atomic E-state index is 0. The fourth-order valence-corrected chi connectivity index (χ4v) is 1.97. The van der Waals surface area contributed by atoms with Crippen molar-refractivity contribution in [2.24, 2.45) is 5.73 Å². The Morgan fingerprint density at radius 3 is 2.30 bits per heavy atom. The average Bonchev–Trinajstić information content (AvgIpc) is 2.46. The third-order valence-corrected chi connectivity index (χ3v) is 2.92. The summed E-state index contributed by atoms with van der Waals surface area (Å²) in [6, 6.07) is 9.92. The normalized spacial score (nSPS) is 9.57. The molecule has 9 heteroatoms. The van der Waals surface area contributed by atoms with Crippen LogP contribution in [0.2, 0.25) is 0 Å². The second-order valence-corrected chi connectivity index (χ2v) is 4.41. The van der Waals surface area contributed by atoms with Gasteiger partial charge in [-0.05, 0) is 41.5 Å². The number of nitrogens with one attached hydrogen (secondary N) is 2. The molecule has 0 aliphatic carbocycles. The molecule has 5 N–H and O–H groups in total. The molecule has 0 aliphatic heterocycles. The number of rotatable bonds is 4. The molecule has 2 aromatic rings. The molecule has 2 aromatic carbocycles. The van der Waals surface area contributed by atoms with Gasteiger partial charge >= 0.3 is 5.97 Å². The molecule has 0 fully saturated rings. The number of carboxylic acid groups (broad SMARTS) is 1. The Balaban J connectivity index is 0.00000264. The molecule has 2 rings (SSSR count). The summed E-state index contributed by atoms with van der Waals surface area (Å²) in [7, 11) is 0. The minimum Gasteiger partial charge on any atom is -0.478 e. The topological polar surface area (TPSA) is 142 Å². The zero-order chi connectivity index (χ0) is 16.3. The van der Waals surface area contributed by atoms with Crippen molar-refractivity contribution in [1.82, 2.24) is 0 Å².